The summed E-state index contributed by atoms with van der Waals surface area (Å²) in [5, 5.41) is 8.76. The predicted molar refractivity (Wildman–Crippen MR) is 51.3 cm³/mol. The third kappa shape index (κ3) is 2.13. The van der Waals surface area contributed by atoms with Crippen molar-refractivity contribution in [3.63, 3.8) is 0 Å². The van der Waals surface area contributed by atoms with Crippen LogP contribution >= 0.6 is 0 Å². The van der Waals surface area contributed by atoms with Gasteiger partial charge in [-0.25, -0.2) is 4.98 Å². The van der Waals surface area contributed by atoms with Gasteiger partial charge in [0.05, 0.1) is 6.20 Å². The molecule has 0 aliphatic heterocycles. The standard InChI is InChI=1S/C10H15NO3/c1-6(8(12)13)7-5-11-9(14-7)10(2,3)4/h5-6H,1-4H3,(H,12,13). The van der Waals surface area contributed by atoms with Gasteiger partial charge in [-0.2, -0.15) is 0 Å². The van der Waals surface area contributed by atoms with E-state index in [9.17, 15) is 4.79 Å². The average Bonchev–Trinajstić information content (AvgIpc) is 2.49. The number of carboxylic acid groups (broad SMARTS) is 1. The molecule has 0 bridgehead atoms. The van der Waals surface area contributed by atoms with Crippen molar-refractivity contribution in [1.29, 1.82) is 0 Å². The summed E-state index contributed by atoms with van der Waals surface area (Å²) in [4.78, 5) is 14.7. The van der Waals surface area contributed by atoms with Gasteiger partial charge in [0.25, 0.3) is 0 Å². The van der Waals surface area contributed by atoms with Gasteiger partial charge in [0.15, 0.2) is 5.89 Å². The summed E-state index contributed by atoms with van der Waals surface area (Å²) in [6, 6.07) is 0. The number of nitrogens with zero attached hydrogens (tertiary/aromatic N) is 1. The van der Waals surface area contributed by atoms with E-state index >= 15 is 0 Å². The minimum atomic E-state index is -0.901. The zero-order valence-corrected chi connectivity index (χ0v) is 8.87. The Morgan fingerprint density at radius 1 is 1.57 bits per heavy atom. The van der Waals surface area contributed by atoms with Gasteiger partial charge < -0.3 is 9.52 Å². The summed E-state index contributed by atoms with van der Waals surface area (Å²) in [5.74, 6) is -0.566. The Balaban J connectivity index is 2.94. The quantitative estimate of drug-likeness (QED) is 0.789. The van der Waals surface area contributed by atoms with Crippen LogP contribution in [0.3, 0.4) is 0 Å². The molecule has 0 aliphatic carbocycles. The number of hydrogen-bond donors (Lipinski definition) is 1. The predicted octanol–water partition coefficient (Wildman–Crippen LogP) is 2.16. The highest BCUT2D eigenvalue weighted by Gasteiger charge is 2.24. The van der Waals surface area contributed by atoms with Crippen LogP contribution in [-0.4, -0.2) is 16.1 Å². The fourth-order valence-corrected chi connectivity index (χ4v) is 0.955. The molecule has 0 spiro atoms. The van der Waals surface area contributed by atoms with E-state index in [1.165, 1.54) is 6.20 Å². The smallest absolute Gasteiger partial charge is 0.313 e. The van der Waals surface area contributed by atoms with Crippen molar-refractivity contribution in [2.24, 2.45) is 0 Å². The summed E-state index contributed by atoms with van der Waals surface area (Å²) >= 11 is 0. The second kappa shape index (κ2) is 3.44. The Labute approximate surface area is 83.0 Å². The highest BCUT2D eigenvalue weighted by Crippen LogP contribution is 2.24. The molecule has 14 heavy (non-hydrogen) atoms. The van der Waals surface area contributed by atoms with E-state index in [1.54, 1.807) is 6.92 Å². The Morgan fingerprint density at radius 3 is 2.50 bits per heavy atom. The van der Waals surface area contributed by atoms with Gasteiger partial charge in [-0.1, -0.05) is 20.8 Å². The van der Waals surface area contributed by atoms with E-state index in [2.05, 4.69) is 4.98 Å². The Kier molecular flexibility index (Phi) is 2.64. The van der Waals surface area contributed by atoms with Crippen LogP contribution in [-0.2, 0) is 10.2 Å². The molecule has 1 rings (SSSR count). The SMILES string of the molecule is CC(C(=O)O)c1cnc(C(C)(C)C)o1. The molecule has 0 fully saturated rings. The molecule has 1 unspecified atom stereocenters. The zero-order valence-electron chi connectivity index (χ0n) is 8.87. The molecule has 0 aromatic carbocycles. The monoisotopic (exact) mass is 197 g/mol. The maximum atomic E-state index is 10.7. The molecule has 1 aromatic rings. The van der Waals surface area contributed by atoms with Crippen LogP contribution in [0.2, 0.25) is 0 Å². The van der Waals surface area contributed by atoms with Crippen molar-refractivity contribution < 1.29 is 14.3 Å². The lowest BCUT2D eigenvalue weighted by Crippen LogP contribution is -2.11. The lowest BCUT2D eigenvalue weighted by atomic mass is 9.97. The molecule has 1 atom stereocenters. The molecule has 1 aromatic heterocycles. The van der Waals surface area contributed by atoms with E-state index in [1.807, 2.05) is 20.8 Å². The molecule has 0 saturated carbocycles. The largest absolute Gasteiger partial charge is 0.481 e. The first kappa shape index (κ1) is 10.8. The number of hydrogen-bond acceptors (Lipinski definition) is 3. The Morgan fingerprint density at radius 2 is 2.14 bits per heavy atom. The molecule has 0 amide bonds. The molecule has 1 N–H and O–H groups in total. The zero-order chi connectivity index (χ0) is 10.9. The van der Waals surface area contributed by atoms with Crippen molar-refractivity contribution in [2.45, 2.75) is 39.0 Å². The van der Waals surface area contributed by atoms with Crippen LogP contribution in [0, 0.1) is 0 Å². The average molecular weight is 197 g/mol. The topological polar surface area (TPSA) is 63.3 Å². The summed E-state index contributed by atoms with van der Waals surface area (Å²) in [7, 11) is 0. The fourth-order valence-electron chi connectivity index (χ4n) is 0.955. The molecular weight excluding hydrogens is 182 g/mol. The lowest BCUT2D eigenvalue weighted by molar-refractivity contribution is -0.138. The normalized spacial score (nSPS) is 14.0. The highest BCUT2D eigenvalue weighted by molar-refractivity contribution is 5.74. The van der Waals surface area contributed by atoms with Gasteiger partial charge in [-0.15, -0.1) is 0 Å². The van der Waals surface area contributed by atoms with Gasteiger partial charge in [0, 0.05) is 5.41 Å². The van der Waals surface area contributed by atoms with Crippen molar-refractivity contribution >= 4 is 5.97 Å². The van der Waals surface area contributed by atoms with Crippen molar-refractivity contribution in [3.05, 3.63) is 17.8 Å². The number of carboxylic acids is 1. The van der Waals surface area contributed by atoms with Gasteiger partial charge in [-0.3, -0.25) is 4.79 Å². The molecule has 0 radical (unpaired) electrons. The van der Waals surface area contributed by atoms with Crippen LogP contribution in [0.1, 0.15) is 45.3 Å². The molecular formula is C10H15NO3. The maximum absolute atomic E-state index is 10.7. The van der Waals surface area contributed by atoms with Crippen molar-refractivity contribution in [3.8, 4) is 0 Å². The third-order valence-corrected chi connectivity index (χ3v) is 1.96. The number of aliphatic carboxylic acids is 1. The van der Waals surface area contributed by atoms with Crippen LogP contribution in [0.5, 0.6) is 0 Å². The number of oxazole rings is 1. The number of aromatic nitrogens is 1. The number of rotatable bonds is 2. The fraction of sp³-hybridized carbons (Fsp3) is 0.600. The van der Waals surface area contributed by atoms with Crippen molar-refractivity contribution in [2.75, 3.05) is 0 Å². The van der Waals surface area contributed by atoms with Gasteiger partial charge >= 0.3 is 5.97 Å². The molecule has 0 saturated heterocycles. The van der Waals surface area contributed by atoms with Gasteiger partial charge in [0.2, 0.25) is 0 Å². The number of carbonyl (C=O) groups is 1. The minimum Gasteiger partial charge on any atom is -0.481 e. The van der Waals surface area contributed by atoms with Crippen molar-refractivity contribution in [1.82, 2.24) is 4.98 Å². The van der Waals surface area contributed by atoms with Crippen LogP contribution in [0.25, 0.3) is 0 Å². The van der Waals surface area contributed by atoms with Crippen LogP contribution in [0.15, 0.2) is 10.6 Å². The summed E-state index contributed by atoms with van der Waals surface area (Å²) in [6.45, 7) is 7.48. The molecule has 0 aliphatic rings. The second-order valence-electron chi connectivity index (χ2n) is 4.38. The van der Waals surface area contributed by atoms with Crippen LogP contribution in [0.4, 0.5) is 0 Å². The first-order valence-corrected chi connectivity index (χ1v) is 4.51. The third-order valence-electron chi connectivity index (χ3n) is 1.96. The Bertz CT molecular complexity index is 335. The maximum Gasteiger partial charge on any atom is 0.313 e. The molecule has 78 valence electrons. The molecule has 1 heterocycles. The van der Waals surface area contributed by atoms with Gasteiger partial charge in [-0.05, 0) is 6.92 Å². The van der Waals surface area contributed by atoms with E-state index in [4.69, 9.17) is 9.52 Å². The summed E-state index contributed by atoms with van der Waals surface area (Å²) in [5.41, 5.74) is -0.184. The minimum absolute atomic E-state index is 0.184. The van der Waals surface area contributed by atoms with E-state index in [0.29, 0.717) is 11.7 Å². The Hall–Kier alpha value is -1.32. The lowest BCUT2D eigenvalue weighted by Gasteiger charge is -2.12. The first-order chi connectivity index (χ1) is 6.32. The molecule has 4 nitrogen and oxygen atoms in total. The highest BCUT2D eigenvalue weighted by atomic mass is 16.4. The second-order valence-corrected chi connectivity index (χ2v) is 4.38. The first-order valence-electron chi connectivity index (χ1n) is 4.51. The van der Waals surface area contributed by atoms with E-state index in [0.717, 1.165) is 0 Å². The summed E-state index contributed by atoms with van der Waals surface area (Å²) < 4.78 is 5.38. The van der Waals surface area contributed by atoms with Crippen LogP contribution < -0.4 is 0 Å². The van der Waals surface area contributed by atoms with E-state index < -0.39 is 11.9 Å². The summed E-state index contributed by atoms with van der Waals surface area (Å²) in [6.07, 6.45) is 1.49. The van der Waals surface area contributed by atoms with Gasteiger partial charge in [0.1, 0.15) is 11.7 Å². The van der Waals surface area contributed by atoms with E-state index in [-0.39, 0.29) is 5.41 Å². The molecule has 4 heteroatoms.